The van der Waals surface area contributed by atoms with E-state index in [0.717, 1.165) is 0 Å². The summed E-state index contributed by atoms with van der Waals surface area (Å²) in [4.78, 5) is 0. The van der Waals surface area contributed by atoms with Gasteiger partial charge in [-0.05, 0) is 93.0 Å². The maximum absolute atomic E-state index is 3.69. The van der Waals surface area contributed by atoms with Crippen LogP contribution < -0.4 is 5.32 Å². The fourth-order valence-corrected chi connectivity index (χ4v) is 11.3. The van der Waals surface area contributed by atoms with Crippen molar-refractivity contribution in [3.05, 3.63) is 205 Å². The highest BCUT2D eigenvalue weighted by Crippen LogP contribution is 2.50. The maximum atomic E-state index is 3.69. The Bertz CT molecular complexity index is 3320. The van der Waals surface area contributed by atoms with Gasteiger partial charge in [-0.2, -0.15) is 0 Å². The molecule has 1 atom stereocenters. The van der Waals surface area contributed by atoms with Gasteiger partial charge >= 0.3 is 0 Å². The average Bonchev–Trinajstić information content (AvgIpc) is 3.83. The predicted molar refractivity (Wildman–Crippen MR) is 243 cm³/mol. The molecule has 1 aliphatic rings. The summed E-state index contributed by atoms with van der Waals surface area (Å²) in [6, 6.07) is 69.9. The highest BCUT2D eigenvalue weighted by atomic mass is 32.1. The molecule has 3 heterocycles. The van der Waals surface area contributed by atoms with Crippen LogP contribution in [0.15, 0.2) is 188 Å². The Morgan fingerprint density at radius 3 is 1.77 bits per heavy atom. The Morgan fingerprint density at radius 2 is 0.929 bits per heavy atom. The highest BCUT2D eigenvalue weighted by molar-refractivity contribution is 7.27. The lowest BCUT2D eigenvalue weighted by atomic mass is 9.83. The SMILES string of the molecule is c1ccc(-c2ccc(C(c3ccc(-c4ccc5sc6c7cccc8c7c(cc6c5c4)-c4ccccc4N8)cc3)c3ccc4sc5ccccc5c4c3)cc2)cc1. The van der Waals surface area contributed by atoms with Gasteiger partial charge in [0.1, 0.15) is 0 Å². The maximum Gasteiger partial charge on any atom is 0.0470 e. The fraction of sp³-hybridized carbons (Fsp3) is 0.0189. The fourth-order valence-electron chi connectivity index (χ4n) is 9.04. The molecule has 0 aliphatic carbocycles. The van der Waals surface area contributed by atoms with Crippen LogP contribution in [0, 0.1) is 0 Å². The summed E-state index contributed by atoms with van der Waals surface area (Å²) in [6.45, 7) is 0. The standard InChI is InChI=1S/C53H33NS2/c1-2-9-32(10-3-1)33-17-21-35(22-18-33)51(38-26-28-49-42(30-38)40-12-5-7-16-48(40)55-49)36-23-19-34(20-24-36)37-25-27-50-43(29-37)45-31-44-39-11-4-6-14-46(39)54-47-15-8-13-41(52(44)47)53(45)56-50/h1-31,51,54H. The molecule has 0 spiro atoms. The van der Waals surface area contributed by atoms with Crippen LogP contribution in [0.2, 0.25) is 0 Å². The van der Waals surface area contributed by atoms with Gasteiger partial charge in [-0.1, -0.05) is 140 Å². The molecule has 1 unspecified atom stereocenters. The van der Waals surface area contributed by atoms with Crippen molar-refractivity contribution in [3.63, 3.8) is 0 Å². The van der Waals surface area contributed by atoms with E-state index in [-0.39, 0.29) is 5.92 Å². The van der Waals surface area contributed by atoms with Crippen molar-refractivity contribution in [1.82, 2.24) is 0 Å². The largest absolute Gasteiger partial charge is 0.354 e. The number of benzene rings is 9. The van der Waals surface area contributed by atoms with Gasteiger partial charge < -0.3 is 5.32 Å². The molecule has 0 amide bonds. The van der Waals surface area contributed by atoms with E-state index in [2.05, 4.69) is 193 Å². The van der Waals surface area contributed by atoms with Crippen LogP contribution in [0.4, 0.5) is 11.4 Å². The average molecular weight is 748 g/mol. The summed E-state index contributed by atoms with van der Waals surface area (Å²) >= 11 is 3.78. The van der Waals surface area contributed by atoms with Crippen molar-refractivity contribution >= 4 is 85.2 Å². The Hall–Kier alpha value is -6.52. The molecule has 262 valence electrons. The molecular formula is C53H33NS2. The van der Waals surface area contributed by atoms with Crippen LogP contribution in [-0.2, 0) is 0 Å². The summed E-state index contributed by atoms with van der Waals surface area (Å²) in [5, 5.41) is 11.6. The van der Waals surface area contributed by atoms with Gasteiger partial charge in [-0.3, -0.25) is 0 Å². The molecule has 0 fully saturated rings. The monoisotopic (exact) mass is 747 g/mol. The van der Waals surface area contributed by atoms with E-state index >= 15 is 0 Å². The second-order valence-electron chi connectivity index (χ2n) is 14.9. The van der Waals surface area contributed by atoms with Crippen LogP contribution in [-0.4, -0.2) is 0 Å². The minimum Gasteiger partial charge on any atom is -0.354 e. The predicted octanol–water partition coefficient (Wildman–Crippen LogP) is 15.8. The molecule has 0 bridgehead atoms. The number of thiophene rings is 2. The number of rotatable bonds is 5. The molecule has 2 aromatic heterocycles. The minimum atomic E-state index is 0.0905. The highest BCUT2D eigenvalue weighted by Gasteiger charge is 2.22. The van der Waals surface area contributed by atoms with E-state index in [0.29, 0.717) is 0 Å². The number of fused-ring (bicyclic) bond motifs is 9. The molecule has 1 nitrogen and oxygen atoms in total. The quantitative estimate of drug-likeness (QED) is 0.173. The van der Waals surface area contributed by atoms with Crippen LogP contribution in [0.25, 0.3) is 84.5 Å². The van der Waals surface area contributed by atoms with Crippen molar-refractivity contribution < 1.29 is 0 Å². The second-order valence-corrected chi connectivity index (χ2v) is 17.0. The first-order valence-corrected chi connectivity index (χ1v) is 20.8. The van der Waals surface area contributed by atoms with Gasteiger partial charge in [0.15, 0.2) is 0 Å². The first-order chi connectivity index (χ1) is 27.7. The van der Waals surface area contributed by atoms with Crippen molar-refractivity contribution in [2.75, 3.05) is 5.32 Å². The van der Waals surface area contributed by atoms with Gasteiger partial charge in [0, 0.05) is 74.0 Å². The van der Waals surface area contributed by atoms with Crippen molar-refractivity contribution in [1.29, 1.82) is 0 Å². The zero-order chi connectivity index (χ0) is 36.7. The van der Waals surface area contributed by atoms with Crippen molar-refractivity contribution in [3.8, 4) is 33.4 Å². The molecule has 9 aromatic carbocycles. The van der Waals surface area contributed by atoms with Gasteiger partial charge in [0.05, 0.1) is 0 Å². The summed E-state index contributed by atoms with van der Waals surface area (Å²) in [5.74, 6) is 0.0905. The molecule has 1 aliphatic heterocycles. The number of nitrogens with one attached hydrogen (secondary N) is 1. The zero-order valence-corrected chi connectivity index (χ0v) is 31.9. The molecule has 0 saturated carbocycles. The molecule has 0 radical (unpaired) electrons. The number of para-hydroxylation sites is 1. The molecule has 56 heavy (non-hydrogen) atoms. The van der Waals surface area contributed by atoms with Crippen LogP contribution in [0.5, 0.6) is 0 Å². The molecule has 0 saturated heterocycles. The second kappa shape index (κ2) is 12.5. The first kappa shape index (κ1) is 31.8. The summed E-state index contributed by atoms with van der Waals surface area (Å²) in [5.41, 5.74) is 13.8. The van der Waals surface area contributed by atoms with Crippen LogP contribution in [0.1, 0.15) is 22.6 Å². The van der Waals surface area contributed by atoms with E-state index < -0.39 is 0 Å². The van der Waals surface area contributed by atoms with Crippen LogP contribution in [0.3, 0.4) is 0 Å². The Kier molecular flexibility index (Phi) is 7.10. The Balaban J connectivity index is 0.971. The molecule has 3 heteroatoms. The van der Waals surface area contributed by atoms with Gasteiger partial charge in [0.2, 0.25) is 0 Å². The third kappa shape index (κ3) is 4.98. The Labute approximate surface area is 332 Å². The third-order valence-electron chi connectivity index (χ3n) is 11.7. The topological polar surface area (TPSA) is 12.0 Å². The van der Waals surface area contributed by atoms with E-state index in [1.165, 1.54) is 113 Å². The summed E-state index contributed by atoms with van der Waals surface area (Å²) in [6.07, 6.45) is 0. The minimum absolute atomic E-state index is 0.0905. The summed E-state index contributed by atoms with van der Waals surface area (Å²) < 4.78 is 5.34. The first-order valence-electron chi connectivity index (χ1n) is 19.2. The lowest BCUT2D eigenvalue weighted by Crippen LogP contribution is -2.03. The molecular weight excluding hydrogens is 715 g/mol. The van der Waals surface area contributed by atoms with Gasteiger partial charge in [-0.15, -0.1) is 22.7 Å². The smallest absolute Gasteiger partial charge is 0.0470 e. The number of hydrogen-bond donors (Lipinski definition) is 1. The normalized spacial score (nSPS) is 12.7. The van der Waals surface area contributed by atoms with E-state index in [9.17, 15) is 0 Å². The molecule has 12 rings (SSSR count). The van der Waals surface area contributed by atoms with Crippen LogP contribution >= 0.6 is 22.7 Å². The number of hydrogen-bond acceptors (Lipinski definition) is 3. The van der Waals surface area contributed by atoms with Gasteiger partial charge in [0.25, 0.3) is 0 Å². The lowest BCUT2D eigenvalue weighted by Gasteiger charge is -2.22. The lowest BCUT2D eigenvalue weighted by molar-refractivity contribution is 0.981. The van der Waals surface area contributed by atoms with Crippen molar-refractivity contribution in [2.24, 2.45) is 0 Å². The van der Waals surface area contributed by atoms with E-state index in [4.69, 9.17) is 0 Å². The molecule has 11 aromatic rings. The van der Waals surface area contributed by atoms with E-state index in [1.807, 2.05) is 22.7 Å². The Morgan fingerprint density at radius 1 is 0.339 bits per heavy atom. The third-order valence-corrected chi connectivity index (χ3v) is 14.1. The van der Waals surface area contributed by atoms with Gasteiger partial charge in [-0.25, -0.2) is 0 Å². The number of anilines is 2. The van der Waals surface area contributed by atoms with Crippen molar-refractivity contribution in [2.45, 2.75) is 5.92 Å². The summed E-state index contributed by atoms with van der Waals surface area (Å²) in [7, 11) is 0. The zero-order valence-electron chi connectivity index (χ0n) is 30.3. The van der Waals surface area contributed by atoms with E-state index in [1.54, 1.807) is 0 Å². The molecule has 1 N–H and O–H groups in total.